The van der Waals surface area contributed by atoms with Gasteiger partial charge in [0, 0.05) is 12.4 Å². The fraction of sp³-hybridized carbons (Fsp3) is 0.545. The summed E-state index contributed by atoms with van der Waals surface area (Å²) in [5, 5.41) is 0. The minimum Gasteiger partial charge on any atom is -0.492 e. The lowest BCUT2D eigenvalue weighted by Gasteiger charge is -2.08. The van der Waals surface area contributed by atoms with Gasteiger partial charge in [0.2, 0.25) is 0 Å². The summed E-state index contributed by atoms with van der Waals surface area (Å²) in [4.78, 5) is 3.97. The number of halogens is 1. The molecule has 0 saturated carbocycles. The predicted octanol–water partition coefficient (Wildman–Crippen LogP) is 3.66. The van der Waals surface area contributed by atoms with Crippen molar-refractivity contribution in [3.63, 3.8) is 0 Å². The molecule has 0 radical (unpaired) electrons. The Kier molecular flexibility index (Phi) is 4.94. The molecule has 1 aromatic heterocycles. The van der Waals surface area contributed by atoms with Crippen LogP contribution in [0.2, 0.25) is 0 Å². The molecule has 14 heavy (non-hydrogen) atoms. The van der Waals surface area contributed by atoms with Crippen LogP contribution in [0.4, 0.5) is 0 Å². The van der Waals surface area contributed by atoms with Crippen molar-refractivity contribution in [1.82, 2.24) is 4.98 Å². The van der Waals surface area contributed by atoms with Gasteiger partial charge in [0.15, 0.2) is 0 Å². The normalized spacial score (nSPS) is 10.6. The van der Waals surface area contributed by atoms with Gasteiger partial charge in [-0.05, 0) is 40.8 Å². The predicted molar refractivity (Wildman–Crippen MR) is 61.5 cm³/mol. The van der Waals surface area contributed by atoms with Crippen LogP contribution in [0.15, 0.2) is 22.9 Å². The molecule has 0 bridgehead atoms. The SMILES string of the molecule is CC(C)CCCOc1ccncc1Br. The Labute approximate surface area is 93.8 Å². The summed E-state index contributed by atoms with van der Waals surface area (Å²) in [5.41, 5.74) is 0. The number of rotatable bonds is 5. The van der Waals surface area contributed by atoms with Crippen molar-refractivity contribution in [2.45, 2.75) is 26.7 Å². The summed E-state index contributed by atoms with van der Waals surface area (Å²) < 4.78 is 6.52. The minimum absolute atomic E-state index is 0.750. The molecule has 0 unspecified atom stereocenters. The number of hydrogen-bond acceptors (Lipinski definition) is 2. The third-order valence-electron chi connectivity index (χ3n) is 1.92. The molecule has 0 atom stereocenters. The number of ether oxygens (including phenoxy) is 1. The van der Waals surface area contributed by atoms with Crippen LogP contribution in [0.3, 0.4) is 0 Å². The van der Waals surface area contributed by atoms with Crippen molar-refractivity contribution in [2.75, 3.05) is 6.61 Å². The highest BCUT2D eigenvalue weighted by Gasteiger charge is 1.99. The van der Waals surface area contributed by atoms with E-state index >= 15 is 0 Å². The van der Waals surface area contributed by atoms with Crippen molar-refractivity contribution >= 4 is 15.9 Å². The fourth-order valence-electron chi connectivity index (χ4n) is 1.15. The van der Waals surface area contributed by atoms with E-state index < -0.39 is 0 Å². The maximum atomic E-state index is 5.60. The van der Waals surface area contributed by atoms with Gasteiger partial charge >= 0.3 is 0 Å². The molecular weight excluding hydrogens is 242 g/mol. The van der Waals surface area contributed by atoms with Gasteiger partial charge in [0.25, 0.3) is 0 Å². The Hall–Kier alpha value is -0.570. The number of hydrogen-bond donors (Lipinski definition) is 0. The molecule has 0 fully saturated rings. The van der Waals surface area contributed by atoms with Gasteiger partial charge < -0.3 is 4.74 Å². The van der Waals surface area contributed by atoms with Crippen molar-refractivity contribution < 1.29 is 4.74 Å². The number of aromatic nitrogens is 1. The summed E-state index contributed by atoms with van der Waals surface area (Å²) in [5.74, 6) is 1.63. The van der Waals surface area contributed by atoms with Gasteiger partial charge in [-0.2, -0.15) is 0 Å². The third kappa shape index (κ3) is 4.09. The summed E-state index contributed by atoms with van der Waals surface area (Å²) in [6.45, 7) is 5.23. The molecule has 78 valence electrons. The molecule has 1 aromatic rings. The Morgan fingerprint density at radius 1 is 1.50 bits per heavy atom. The van der Waals surface area contributed by atoms with Crippen LogP contribution in [-0.2, 0) is 0 Å². The lowest BCUT2D eigenvalue weighted by atomic mass is 10.1. The van der Waals surface area contributed by atoms with Crippen molar-refractivity contribution in [3.8, 4) is 5.75 Å². The zero-order valence-corrected chi connectivity index (χ0v) is 10.3. The van der Waals surface area contributed by atoms with Crippen molar-refractivity contribution in [3.05, 3.63) is 22.9 Å². The molecule has 0 aliphatic heterocycles. The van der Waals surface area contributed by atoms with E-state index in [9.17, 15) is 0 Å². The molecule has 0 aromatic carbocycles. The van der Waals surface area contributed by atoms with Crippen LogP contribution in [0.1, 0.15) is 26.7 Å². The van der Waals surface area contributed by atoms with Crippen LogP contribution < -0.4 is 4.74 Å². The molecule has 0 aliphatic rings. The molecule has 0 saturated heterocycles. The molecule has 0 amide bonds. The van der Waals surface area contributed by atoms with E-state index in [0.29, 0.717) is 0 Å². The zero-order valence-electron chi connectivity index (χ0n) is 8.66. The van der Waals surface area contributed by atoms with E-state index in [-0.39, 0.29) is 0 Å². The van der Waals surface area contributed by atoms with Gasteiger partial charge in [-0.15, -0.1) is 0 Å². The molecule has 3 heteroatoms. The summed E-state index contributed by atoms with van der Waals surface area (Å²) in [6, 6.07) is 1.87. The van der Waals surface area contributed by atoms with E-state index in [2.05, 4.69) is 34.8 Å². The lowest BCUT2D eigenvalue weighted by Crippen LogP contribution is -2.00. The first-order valence-corrected chi connectivity index (χ1v) is 5.71. The first kappa shape index (κ1) is 11.5. The molecule has 0 N–H and O–H groups in total. The Morgan fingerprint density at radius 2 is 2.29 bits per heavy atom. The average molecular weight is 258 g/mol. The average Bonchev–Trinajstić information content (AvgIpc) is 2.15. The van der Waals surface area contributed by atoms with Crippen molar-refractivity contribution in [2.24, 2.45) is 5.92 Å². The van der Waals surface area contributed by atoms with Gasteiger partial charge in [-0.1, -0.05) is 13.8 Å². The van der Waals surface area contributed by atoms with Gasteiger partial charge in [-0.25, -0.2) is 0 Å². The molecule has 2 nitrogen and oxygen atoms in total. The quantitative estimate of drug-likeness (QED) is 0.752. The molecule has 0 spiro atoms. The van der Waals surface area contributed by atoms with E-state index in [4.69, 9.17) is 4.74 Å². The fourth-order valence-corrected chi connectivity index (χ4v) is 1.52. The number of nitrogens with zero attached hydrogens (tertiary/aromatic N) is 1. The highest BCUT2D eigenvalue weighted by molar-refractivity contribution is 9.10. The summed E-state index contributed by atoms with van der Waals surface area (Å²) in [6.07, 6.45) is 5.80. The second kappa shape index (κ2) is 6.02. The smallest absolute Gasteiger partial charge is 0.136 e. The maximum absolute atomic E-state index is 5.60. The van der Waals surface area contributed by atoms with Gasteiger partial charge in [0.05, 0.1) is 11.1 Å². The largest absolute Gasteiger partial charge is 0.492 e. The van der Waals surface area contributed by atoms with Crippen molar-refractivity contribution in [1.29, 1.82) is 0 Å². The van der Waals surface area contributed by atoms with Crippen LogP contribution in [0.5, 0.6) is 5.75 Å². The lowest BCUT2D eigenvalue weighted by molar-refractivity contribution is 0.296. The molecule has 0 aliphatic carbocycles. The Balaban J connectivity index is 2.28. The topological polar surface area (TPSA) is 22.1 Å². The van der Waals surface area contributed by atoms with E-state index in [1.165, 1.54) is 6.42 Å². The summed E-state index contributed by atoms with van der Waals surface area (Å²) >= 11 is 3.39. The monoisotopic (exact) mass is 257 g/mol. The standard InChI is InChI=1S/C11H16BrNO/c1-9(2)4-3-7-14-11-5-6-13-8-10(11)12/h5-6,8-9H,3-4,7H2,1-2H3. The second-order valence-corrected chi connectivity index (χ2v) is 4.54. The molecular formula is C11H16BrNO. The Morgan fingerprint density at radius 3 is 2.93 bits per heavy atom. The van der Waals surface area contributed by atoms with E-state index in [0.717, 1.165) is 29.2 Å². The zero-order chi connectivity index (χ0) is 10.4. The van der Waals surface area contributed by atoms with Crippen LogP contribution in [0, 0.1) is 5.92 Å². The first-order valence-electron chi connectivity index (χ1n) is 4.92. The summed E-state index contributed by atoms with van der Waals surface area (Å²) in [7, 11) is 0. The van der Waals surface area contributed by atoms with Crippen LogP contribution in [0.25, 0.3) is 0 Å². The minimum atomic E-state index is 0.750. The van der Waals surface area contributed by atoms with Crippen LogP contribution >= 0.6 is 15.9 Å². The van der Waals surface area contributed by atoms with E-state index in [1.807, 2.05) is 6.07 Å². The number of pyridine rings is 1. The third-order valence-corrected chi connectivity index (χ3v) is 2.51. The highest BCUT2D eigenvalue weighted by Crippen LogP contribution is 2.22. The highest BCUT2D eigenvalue weighted by atomic mass is 79.9. The van der Waals surface area contributed by atoms with Gasteiger partial charge in [-0.3, -0.25) is 4.98 Å². The van der Waals surface area contributed by atoms with E-state index in [1.54, 1.807) is 12.4 Å². The molecule has 1 heterocycles. The second-order valence-electron chi connectivity index (χ2n) is 3.69. The first-order chi connectivity index (χ1) is 6.70. The van der Waals surface area contributed by atoms with Crippen LogP contribution in [-0.4, -0.2) is 11.6 Å². The Bertz CT molecular complexity index is 276. The maximum Gasteiger partial charge on any atom is 0.136 e. The van der Waals surface area contributed by atoms with Gasteiger partial charge in [0.1, 0.15) is 5.75 Å². The molecule has 1 rings (SSSR count).